The first kappa shape index (κ1) is 27.8. The molecule has 1 amide bonds. The first-order valence-electron chi connectivity index (χ1n) is 14.5. The van der Waals surface area contributed by atoms with Gasteiger partial charge >= 0.3 is 0 Å². The van der Waals surface area contributed by atoms with E-state index >= 15 is 0 Å². The molecule has 8 nitrogen and oxygen atoms in total. The van der Waals surface area contributed by atoms with E-state index in [1.807, 2.05) is 36.9 Å². The van der Waals surface area contributed by atoms with Crippen molar-refractivity contribution in [2.24, 2.45) is 11.3 Å². The number of aliphatic hydroxyl groups is 1. The molecule has 2 fully saturated rings. The number of rotatable bonds is 5. The molecule has 2 saturated carbocycles. The van der Waals surface area contributed by atoms with Crippen LogP contribution in [0.15, 0.2) is 47.4 Å². The van der Waals surface area contributed by atoms with Gasteiger partial charge in [-0.15, -0.1) is 0 Å². The quantitative estimate of drug-likeness (QED) is 0.412. The molecule has 2 aliphatic carbocycles. The van der Waals surface area contributed by atoms with Gasteiger partial charge in [-0.25, -0.2) is 9.19 Å². The predicted molar refractivity (Wildman–Crippen MR) is 159 cm³/mol. The molecule has 0 saturated heterocycles. The van der Waals surface area contributed by atoms with Crippen LogP contribution in [-0.2, 0) is 17.6 Å². The Morgan fingerprint density at radius 1 is 1.12 bits per heavy atom. The minimum atomic E-state index is -1.73. The van der Waals surface area contributed by atoms with Crippen molar-refractivity contribution in [2.45, 2.75) is 83.4 Å². The number of ether oxygens (including phenoxy) is 1. The maximum Gasteiger partial charge on any atom is 0.254 e. The van der Waals surface area contributed by atoms with Gasteiger partial charge in [0.05, 0.1) is 28.8 Å². The average molecular weight is 575 g/mol. The van der Waals surface area contributed by atoms with E-state index in [1.54, 1.807) is 24.3 Å². The molecular formula is C32H38N4O4S. The van der Waals surface area contributed by atoms with Crippen LogP contribution in [0.1, 0.15) is 73.0 Å². The Labute approximate surface area is 244 Å². The number of nitrogens with one attached hydrogen (secondary N) is 1. The lowest BCUT2D eigenvalue weighted by molar-refractivity contribution is 0.00898. The van der Waals surface area contributed by atoms with Crippen molar-refractivity contribution in [3.05, 3.63) is 64.7 Å². The molecule has 216 valence electrons. The number of benzene rings is 2. The number of aliphatic hydroxyl groups excluding tert-OH is 1. The number of hydrogen-bond acceptors (Lipinski definition) is 6. The number of anilines is 1. The third kappa shape index (κ3) is 5.37. The summed E-state index contributed by atoms with van der Waals surface area (Å²) in [6.45, 7) is 8.21. The Morgan fingerprint density at radius 2 is 1.83 bits per heavy atom. The second kappa shape index (κ2) is 10.8. The van der Waals surface area contributed by atoms with Crippen molar-refractivity contribution < 1.29 is 18.8 Å². The maximum atomic E-state index is 14.2. The molecule has 4 bridgehead atoms. The van der Waals surface area contributed by atoms with E-state index < -0.39 is 11.0 Å². The molecule has 1 spiro atoms. The lowest BCUT2D eigenvalue weighted by atomic mass is 9.75. The van der Waals surface area contributed by atoms with E-state index in [4.69, 9.17) is 9.72 Å². The third-order valence-electron chi connectivity index (χ3n) is 8.80. The van der Waals surface area contributed by atoms with Crippen LogP contribution in [0.2, 0.25) is 0 Å². The van der Waals surface area contributed by atoms with Crippen LogP contribution < -0.4 is 9.46 Å². The summed E-state index contributed by atoms with van der Waals surface area (Å²) in [5.74, 6) is 0.637. The summed E-state index contributed by atoms with van der Waals surface area (Å²) in [5.41, 5.74) is 4.81. The first-order chi connectivity index (χ1) is 19.7. The van der Waals surface area contributed by atoms with Crippen LogP contribution in [0, 0.1) is 25.2 Å². The molecule has 2 heterocycles. The number of nitrogens with zero attached hydrogens (tertiary/aromatic N) is 3. The Morgan fingerprint density at radius 3 is 2.49 bits per heavy atom. The van der Waals surface area contributed by atoms with Gasteiger partial charge in [-0.1, -0.05) is 38.1 Å². The molecule has 0 radical (unpaired) electrons. The molecular weight excluding hydrogens is 536 g/mol. The zero-order valence-corrected chi connectivity index (χ0v) is 25.0. The van der Waals surface area contributed by atoms with Crippen molar-refractivity contribution in [3.63, 3.8) is 0 Å². The SMILES string of the molecule is Cc1cccc(C)c1-c1nc2nc(c1CO)OCC(CC(C)C)N(C1CC3(CC3)C1)C(=O)c1cccc(c1)S(=O)N2. The van der Waals surface area contributed by atoms with Gasteiger partial charge in [-0.2, -0.15) is 4.98 Å². The van der Waals surface area contributed by atoms with Gasteiger partial charge in [0.15, 0.2) is 11.0 Å². The standard InChI is InChI=1S/C32H38N4O4S/c1-19(2)13-23-18-40-29-26(17-37)28(27-20(3)7-5-8-21(27)4)33-31(34-29)35-41(39)25-10-6-9-22(14-25)30(38)36(23)24-15-32(16-24)11-12-32/h5-10,14,19,23-24,37H,11-13,15-18H2,1-4H3,(H,33,34,35). The van der Waals surface area contributed by atoms with E-state index in [2.05, 4.69) is 23.6 Å². The summed E-state index contributed by atoms with van der Waals surface area (Å²) < 4.78 is 22.9. The van der Waals surface area contributed by atoms with Gasteiger partial charge in [0, 0.05) is 17.2 Å². The number of carbonyl (C=O) groups excluding carboxylic acids is 1. The second-order valence-corrected chi connectivity index (χ2v) is 13.6. The Hall–Kier alpha value is -3.30. The second-order valence-electron chi connectivity index (χ2n) is 12.4. The highest BCUT2D eigenvalue weighted by Gasteiger charge is 2.56. The van der Waals surface area contributed by atoms with Gasteiger partial charge < -0.3 is 14.7 Å². The number of hydrogen-bond donors (Lipinski definition) is 2. The largest absolute Gasteiger partial charge is 0.475 e. The number of fused-ring (bicyclic) bond motifs is 4. The highest BCUT2D eigenvalue weighted by molar-refractivity contribution is 7.86. The summed E-state index contributed by atoms with van der Waals surface area (Å²) in [4.78, 5) is 26.0. The Bertz CT molecular complexity index is 1490. The van der Waals surface area contributed by atoms with Crippen molar-refractivity contribution in [2.75, 3.05) is 11.3 Å². The summed E-state index contributed by atoms with van der Waals surface area (Å²) in [7, 11) is -1.73. The lowest BCUT2D eigenvalue weighted by Crippen LogP contribution is -2.55. The van der Waals surface area contributed by atoms with Crippen molar-refractivity contribution >= 4 is 22.8 Å². The summed E-state index contributed by atoms with van der Waals surface area (Å²) >= 11 is 0. The van der Waals surface area contributed by atoms with Crippen molar-refractivity contribution in [3.8, 4) is 17.1 Å². The maximum absolute atomic E-state index is 14.2. The molecule has 2 unspecified atom stereocenters. The molecule has 1 aliphatic heterocycles. The normalized spacial score (nSPS) is 21.8. The molecule has 2 aromatic carbocycles. The van der Waals surface area contributed by atoms with Crippen molar-refractivity contribution in [1.82, 2.24) is 14.9 Å². The summed E-state index contributed by atoms with van der Waals surface area (Å²) in [6, 6.07) is 13.0. The molecule has 2 atom stereocenters. The highest BCUT2D eigenvalue weighted by Crippen LogP contribution is 2.62. The van der Waals surface area contributed by atoms with Crippen LogP contribution in [0.5, 0.6) is 5.88 Å². The number of aryl methyl sites for hydroxylation is 2. The molecule has 9 heteroatoms. The zero-order valence-electron chi connectivity index (χ0n) is 24.1. The van der Waals surface area contributed by atoms with Crippen LogP contribution in [-0.4, -0.2) is 48.8 Å². The monoisotopic (exact) mass is 574 g/mol. The molecule has 41 heavy (non-hydrogen) atoms. The summed E-state index contributed by atoms with van der Waals surface area (Å²) in [6.07, 6.45) is 5.26. The van der Waals surface area contributed by atoms with E-state index in [0.717, 1.165) is 36.0 Å². The van der Waals surface area contributed by atoms with Gasteiger partial charge in [0.2, 0.25) is 11.8 Å². The molecule has 3 aliphatic rings. The molecule has 2 N–H and O–H groups in total. The smallest absolute Gasteiger partial charge is 0.254 e. The van der Waals surface area contributed by atoms with Crippen LogP contribution >= 0.6 is 0 Å². The van der Waals surface area contributed by atoms with Gasteiger partial charge in [-0.05, 0) is 86.6 Å². The first-order valence-corrected chi connectivity index (χ1v) is 15.7. The number of carbonyl (C=O) groups is 1. The van der Waals surface area contributed by atoms with E-state index in [-0.39, 0.29) is 43.0 Å². The van der Waals surface area contributed by atoms with E-state index in [0.29, 0.717) is 33.0 Å². The minimum absolute atomic E-state index is 0.0609. The molecule has 3 aromatic rings. The molecule has 6 rings (SSSR count). The lowest BCUT2D eigenvalue weighted by Gasteiger charge is -2.47. The number of aromatic nitrogens is 2. The zero-order chi connectivity index (χ0) is 28.9. The fourth-order valence-corrected chi connectivity index (χ4v) is 7.34. The highest BCUT2D eigenvalue weighted by atomic mass is 32.2. The predicted octanol–water partition coefficient (Wildman–Crippen LogP) is 5.58. The van der Waals surface area contributed by atoms with Gasteiger partial charge in [0.1, 0.15) is 6.61 Å². The van der Waals surface area contributed by atoms with E-state index in [1.165, 1.54) is 12.8 Å². The average Bonchev–Trinajstić information content (AvgIpc) is 3.72. The van der Waals surface area contributed by atoms with Gasteiger partial charge in [-0.3, -0.25) is 9.52 Å². The fourth-order valence-electron chi connectivity index (χ4n) is 6.53. The summed E-state index contributed by atoms with van der Waals surface area (Å²) in [5, 5.41) is 10.6. The van der Waals surface area contributed by atoms with Crippen LogP contribution in [0.25, 0.3) is 11.3 Å². The van der Waals surface area contributed by atoms with Crippen molar-refractivity contribution in [1.29, 1.82) is 0 Å². The Balaban J connectivity index is 1.49. The fraction of sp³-hybridized carbons (Fsp3) is 0.469. The third-order valence-corrected chi connectivity index (χ3v) is 9.85. The van der Waals surface area contributed by atoms with E-state index in [9.17, 15) is 14.1 Å². The minimum Gasteiger partial charge on any atom is -0.475 e. The van der Waals surface area contributed by atoms with Gasteiger partial charge in [0.25, 0.3) is 5.91 Å². The van der Waals surface area contributed by atoms with Crippen LogP contribution in [0.4, 0.5) is 5.95 Å². The topological polar surface area (TPSA) is 105 Å². The number of amides is 1. The molecule has 1 aromatic heterocycles. The van der Waals surface area contributed by atoms with Crippen LogP contribution in [0.3, 0.4) is 0 Å². The Kier molecular flexibility index (Phi) is 7.36.